The van der Waals surface area contributed by atoms with Gasteiger partial charge in [0.2, 0.25) is 5.91 Å². The molecule has 0 saturated heterocycles. The second-order valence-corrected chi connectivity index (χ2v) is 8.72. The molecule has 0 bridgehead atoms. The molecule has 0 atom stereocenters. The average molecular weight is 428 g/mol. The molecular weight excluding hydrogens is 402 g/mol. The number of hydrogen-bond donors (Lipinski definition) is 1. The highest BCUT2D eigenvalue weighted by Gasteiger charge is 2.37. The summed E-state index contributed by atoms with van der Waals surface area (Å²) in [6, 6.07) is 7.67. The third-order valence-corrected chi connectivity index (χ3v) is 6.98. The van der Waals surface area contributed by atoms with E-state index < -0.39 is 0 Å². The summed E-state index contributed by atoms with van der Waals surface area (Å²) in [4.78, 5) is 44.3. The number of β-amino-alcohol motifs (C(OH)–C–C–N with tert-alkyl or cyclic N) is 1. The van der Waals surface area contributed by atoms with Gasteiger partial charge in [-0.15, -0.1) is 11.3 Å². The minimum Gasteiger partial charge on any atom is -0.395 e. The van der Waals surface area contributed by atoms with Crippen LogP contribution in [-0.4, -0.2) is 65.9 Å². The monoisotopic (exact) mass is 427 g/mol. The Hall–Kier alpha value is -2.71. The lowest BCUT2D eigenvalue weighted by Gasteiger charge is -2.27. The van der Waals surface area contributed by atoms with Crippen LogP contribution < -0.4 is 4.90 Å². The molecule has 0 saturated carbocycles. The van der Waals surface area contributed by atoms with Crippen LogP contribution in [0.1, 0.15) is 43.6 Å². The maximum Gasteiger partial charge on any atom is 0.257 e. The molecule has 3 heterocycles. The van der Waals surface area contributed by atoms with E-state index in [1.807, 2.05) is 24.3 Å². The highest BCUT2D eigenvalue weighted by Crippen LogP contribution is 2.41. The Morgan fingerprint density at radius 3 is 2.57 bits per heavy atom. The van der Waals surface area contributed by atoms with Crippen molar-refractivity contribution in [2.75, 3.05) is 38.2 Å². The van der Waals surface area contributed by atoms with Crippen molar-refractivity contribution in [1.29, 1.82) is 0 Å². The summed E-state index contributed by atoms with van der Waals surface area (Å²) in [6.45, 7) is 2.98. The van der Waals surface area contributed by atoms with Crippen LogP contribution in [0.3, 0.4) is 0 Å². The zero-order chi connectivity index (χ0) is 21.4. The molecule has 2 aliphatic rings. The van der Waals surface area contributed by atoms with E-state index >= 15 is 0 Å². The van der Waals surface area contributed by atoms with Gasteiger partial charge in [0.05, 0.1) is 18.7 Å². The van der Waals surface area contributed by atoms with E-state index in [4.69, 9.17) is 0 Å². The van der Waals surface area contributed by atoms with Gasteiger partial charge in [-0.05, 0) is 36.1 Å². The Bertz CT molecular complexity index is 999. The van der Waals surface area contributed by atoms with E-state index in [2.05, 4.69) is 6.92 Å². The lowest BCUT2D eigenvalue weighted by atomic mass is 10.0. The molecule has 4 rings (SSSR count). The number of rotatable bonds is 4. The number of amides is 3. The van der Waals surface area contributed by atoms with Gasteiger partial charge < -0.3 is 14.9 Å². The summed E-state index contributed by atoms with van der Waals surface area (Å²) in [5.74, 6) is -0.411. The van der Waals surface area contributed by atoms with Crippen LogP contribution in [0.25, 0.3) is 0 Å². The third-order valence-electron chi connectivity index (χ3n) is 5.74. The van der Waals surface area contributed by atoms with Gasteiger partial charge >= 0.3 is 0 Å². The number of anilines is 1. The van der Waals surface area contributed by atoms with Crippen molar-refractivity contribution >= 4 is 34.1 Å². The summed E-state index contributed by atoms with van der Waals surface area (Å²) >= 11 is 1.38. The molecule has 1 N–H and O–H groups in total. The normalized spacial score (nSPS) is 16.4. The number of aryl methyl sites for hydroxylation is 1. The highest BCUT2D eigenvalue weighted by molar-refractivity contribution is 7.17. The van der Waals surface area contributed by atoms with E-state index in [1.54, 1.807) is 11.9 Å². The number of benzene rings is 1. The van der Waals surface area contributed by atoms with Crippen LogP contribution in [0.2, 0.25) is 0 Å². The smallest absolute Gasteiger partial charge is 0.257 e. The summed E-state index contributed by atoms with van der Waals surface area (Å²) < 4.78 is 0. The van der Waals surface area contributed by atoms with E-state index in [9.17, 15) is 19.5 Å². The molecule has 0 unspecified atom stereocenters. The Morgan fingerprint density at radius 1 is 1.17 bits per heavy atom. The Kier molecular flexibility index (Phi) is 5.62. The maximum absolute atomic E-state index is 13.0. The van der Waals surface area contributed by atoms with Crippen LogP contribution in [0, 0.1) is 0 Å². The fourth-order valence-corrected chi connectivity index (χ4v) is 5.43. The minimum absolute atomic E-state index is 0.00657. The first-order chi connectivity index (χ1) is 14.4. The molecule has 1 aromatic heterocycles. The van der Waals surface area contributed by atoms with Crippen molar-refractivity contribution in [3.8, 4) is 0 Å². The van der Waals surface area contributed by atoms with Gasteiger partial charge in [-0.2, -0.15) is 0 Å². The number of aliphatic hydroxyl groups excluding tert-OH is 1. The first-order valence-corrected chi connectivity index (χ1v) is 11.0. The Morgan fingerprint density at radius 2 is 1.90 bits per heavy atom. The van der Waals surface area contributed by atoms with Gasteiger partial charge in [-0.3, -0.25) is 19.3 Å². The molecule has 30 heavy (non-hydrogen) atoms. The van der Waals surface area contributed by atoms with E-state index in [0.29, 0.717) is 35.6 Å². The number of carbonyl (C=O) groups is 3. The van der Waals surface area contributed by atoms with Crippen LogP contribution in [0.4, 0.5) is 5.00 Å². The van der Waals surface area contributed by atoms with Crippen molar-refractivity contribution in [1.82, 2.24) is 9.80 Å². The Balaban J connectivity index is 1.66. The summed E-state index contributed by atoms with van der Waals surface area (Å²) in [5.41, 5.74) is 3.32. The summed E-state index contributed by atoms with van der Waals surface area (Å²) in [7, 11) is 1.62. The number of nitrogens with zero attached hydrogens (tertiary/aromatic N) is 3. The first-order valence-electron chi connectivity index (χ1n) is 10.1. The van der Waals surface area contributed by atoms with E-state index in [-0.39, 0.29) is 37.4 Å². The van der Waals surface area contributed by atoms with Crippen molar-refractivity contribution < 1.29 is 19.5 Å². The molecule has 0 fully saturated rings. The molecule has 7 nitrogen and oxygen atoms in total. The van der Waals surface area contributed by atoms with Gasteiger partial charge in [-0.1, -0.05) is 19.1 Å². The number of hydrogen-bond acceptors (Lipinski definition) is 5. The minimum atomic E-state index is -0.207. The van der Waals surface area contributed by atoms with E-state index in [0.717, 1.165) is 16.9 Å². The SMILES string of the molecule is CCc1ccc(C(=O)N2CCc3c(sc4c3C(=O)N(C)CC(=O)N4CCO)C2)cc1. The third kappa shape index (κ3) is 3.50. The predicted molar refractivity (Wildman–Crippen MR) is 115 cm³/mol. The standard InChI is InChI=1S/C22H25N3O4S/c1-3-14-4-6-15(7-5-14)20(28)24-9-8-16-17(12-24)30-22-19(16)21(29)23(2)13-18(27)25(22)10-11-26/h4-7,26H,3,8-13H2,1-2H3. The first kappa shape index (κ1) is 20.6. The lowest BCUT2D eigenvalue weighted by molar-refractivity contribution is -0.119. The van der Waals surface area contributed by atoms with Crippen LogP contribution in [-0.2, 0) is 24.2 Å². The van der Waals surface area contributed by atoms with Gasteiger partial charge in [0, 0.05) is 30.6 Å². The van der Waals surface area contributed by atoms with Gasteiger partial charge in [0.15, 0.2) is 0 Å². The molecule has 2 aromatic rings. The average Bonchev–Trinajstić information content (AvgIpc) is 3.10. The molecule has 1 aromatic carbocycles. The van der Waals surface area contributed by atoms with E-state index in [1.165, 1.54) is 26.7 Å². The zero-order valence-corrected chi connectivity index (χ0v) is 18.0. The molecule has 158 valence electrons. The quantitative estimate of drug-likeness (QED) is 0.808. The molecular formula is C22H25N3O4S. The summed E-state index contributed by atoms with van der Waals surface area (Å²) in [6.07, 6.45) is 1.49. The van der Waals surface area contributed by atoms with Gasteiger partial charge in [0.25, 0.3) is 11.8 Å². The number of carbonyl (C=O) groups excluding carboxylic acids is 3. The molecule has 0 aliphatic carbocycles. The molecule has 0 spiro atoms. The molecule has 8 heteroatoms. The van der Waals surface area contributed by atoms with Crippen molar-refractivity contribution in [3.63, 3.8) is 0 Å². The maximum atomic E-state index is 13.0. The van der Waals surface area contributed by atoms with Crippen molar-refractivity contribution in [2.24, 2.45) is 0 Å². The van der Waals surface area contributed by atoms with Crippen molar-refractivity contribution in [2.45, 2.75) is 26.3 Å². The number of fused-ring (bicyclic) bond motifs is 3. The highest BCUT2D eigenvalue weighted by atomic mass is 32.1. The molecule has 0 radical (unpaired) electrons. The largest absolute Gasteiger partial charge is 0.395 e. The topological polar surface area (TPSA) is 81.2 Å². The van der Waals surface area contributed by atoms with Gasteiger partial charge in [-0.25, -0.2) is 0 Å². The Labute approximate surface area is 179 Å². The van der Waals surface area contributed by atoms with Crippen molar-refractivity contribution in [3.05, 3.63) is 51.4 Å². The second kappa shape index (κ2) is 8.20. The predicted octanol–water partition coefficient (Wildman–Crippen LogP) is 1.92. The van der Waals surface area contributed by atoms with Crippen LogP contribution in [0.5, 0.6) is 0 Å². The number of likely N-dealkylation sites (N-methyl/N-ethyl adjacent to an activating group) is 1. The fourth-order valence-electron chi connectivity index (χ4n) is 4.03. The van der Waals surface area contributed by atoms with Crippen LogP contribution >= 0.6 is 11.3 Å². The van der Waals surface area contributed by atoms with Crippen LogP contribution in [0.15, 0.2) is 24.3 Å². The lowest BCUT2D eigenvalue weighted by Crippen LogP contribution is -2.39. The molecule has 3 amide bonds. The number of thiophene rings is 1. The fraction of sp³-hybridized carbons (Fsp3) is 0.409. The number of aliphatic hydroxyl groups is 1. The summed E-state index contributed by atoms with van der Waals surface area (Å²) in [5, 5.41) is 10.0. The van der Waals surface area contributed by atoms with Gasteiger partial charge in [0.1, 0.15) is 11.5 Å². The molecule has 2 aliphatic heterocycles. The zero-order valence-electron chi connectivity index (χ0n) is 17.2. The second-order valence-electron chi connectivity index (χ2n) is 7.64.